The average molecular weight is 386 g/mol. The molecule has 140 valence electrons. The second-order valence-corrected chi connectivity index (χ2v) is 6.74. The summed E-state index contributed by atoms with van der Waals surface area (Å²) in [5.74, 6) is 0.489. The molecule has 0 spiro atoms. The summed E-state index contributed by atoms with van der Waals surface area (Å²) in [6.45, 7) is 6.06. The van der Waals surface area contributed by atoms with Crippen LogP contribution in [0.1, 0.15) is 42.6 Å². The zero-order valence-corrected chi connectivity index (χ0v) is 16.1. The molecule has 0 aliphatic carbocycles. The Labute approximate surface area is 163 Å². The molecule has 6 heteroatoms. The predicted octanol–water partition coefficient (Wildman–Crippen LogP) is 5.29. The Morgan fingerprint density at radius 3 is 2.56 bits per heavy atom. The van der Waals surface area contributed by atoms with Gasteiger partial charge in [-0.25, -0.2) is 4.79 Å². The minimum absolute atomic E-state index is 0.135. The highest BCUT2D eigenvalue weighted by atomic mass is 35.5. The Morgan fingerprint density at radius 2 is 1.96 bits per heavy atom. The average Bonchev–Trinajstić information content (AvgIpc) is 2.61. The molecule has 0 saturated heterocycles. The van der Waals surface area contributed by atoms with Crippen LogP contribution in [0.3, 0.4) is 0 Å². The molecule has 1 aliphatic heterocycles. The molecular formula is C21H20ClNO4. The molecular weight excluding hydrogens is 366 g/mol. The Bertz CT molecular complexity index is 920. The number of carbonyl (C=O) groups excluding carboxylic acids is 2. The summed E-state index contributed by atoms with van der Waals surface area (Å²) in [6, 6.07) is 10.3. The third kappa shape index (κ3) is 3.83. The number of benzene rings is 2. The van der Waals surface area contributed by atoms with Crippen LogP contribution >= 0.6 is 11.6 Å². The number of carbonyl (C=O) groups is 2. The maximum atomic E-state index is 12.1. The van der Waals surface area contributed by atoms with Crippen molar-refractivity contribution >= 4 is 29.2 Å². The maximum Gasteiger partial charge on any atom is 0.338 e. The van der Waals surface area contributed by atoms with E-state index in [9.17, 15) is 9.59 Å². The van der Waals surface area contributed by atoms with Crippen molar-refractivity contribution in [1.82, 2.24) is 0 Å². The molecule has 0 saturated carbocycles. The van der Waals surface area contributed by atoms with E-state index in [1.807, 2.05) is 19.9 Å². The van der Waals surface area contributed by atoms with Crippen LogP contribution in [0.5, 0.6) is 11.5 Å². The van der Waals surface area contributed by atoms with E-state index in [0.717, 1.165) is 5.56 Å². The van der Waals surface area contributed by atoms with Crippen LogP contribution in [-0.2, 0) is 9.53 Å². The fourth-order valence-electron chi connectivity index (χ4n) is 2.83. The molecule has 0 bridgehead atoms. The molecule has 0 aromatic heterocycles. The number of halogens is 1. The van der Waals surface area contributed by atoms with E-state index in [2.05, 4.69) is 0 Å². The first-order chi connectivity index (χ1) is 12.9. The van der Waals surface area contributed by atoms with Crippen molar-refractivity contribution in [2.45, 2.75) is 26.7 Å². The van der Waals surface area contributed by atoms with Crippen molar-refractivity contribution in [3.05, 3.63) is 64.8 Å². The van der Waals surface area contributed by atoms with Gasteiger partial charge in [0.1, 0.15) is 5.75 Å². The standard InChI is InChI=1S/C21H20ClNO4/c1-4-26-21(25)14-8-9-16(23-11-10-19(23)24)18(12-14)27-17-7-5-6-15(22)20(17)13(2)3/h5-13H,4H2,1-3H3. The van der Waals surface area contributed by atoms with Crippen molar-refractivity contribution < 1.29 is 19.1 Å². The largest absolute Gasteiger partial charge is 0.462 e. The summed E-state index contributed by atoms with van der Waals surface area (Å²) in [7, 11) is 0. The Hall–Kier alpha value is -2.79. The Kier molecular flexibility index (Phi) is 5.51. The second kappa shape index (κ2) is 7.84. The summed E-state index contributed by atoms with van der Waals surface area (Å²) in [5.41, 5.74) is 1.75. The maximum absolute atomic E-state index is 12.1. The lowest BCUT2D eigenvalue weighted by atomic mass is 10.0. The number of rotatable bonds is 6. The number of ether oxygens (including phenoxy) is 2. The lowest BCUT2D eigenvalue weighted by Gasteiger charge is -2.26. The van der Waals surface area contributed by atoms with Crippen molar-refractivity contribution in [1.29, 1.82) is 0 Å². The van der Waals surface area contributed by atoms with Gasteiger partial charge in [-0.2, -0.15) is 0 Å². The highest BCUT2D eigenvalue weighted by Crippen LogP contribution is 2.40. The van der Waals surface area contributed by atoms with Gasteiger partial charge in [-0.1, -0.05) is 31.5 Å². The molecule has 1 heterocycles. The van der Waals surface area contributed by atoms with Gasteiger partial charge < -0.3 is 9.47 Å². The van der Waals surface area contributed by atoms with Crippen molar-refractivity contribution in [2.75, 3.05) is 11.5 Å². The van der Waals surface area contributed by atoms with Crippen LogP contribution < -0.4 is 9.64 Å². The van der Waals surface area contributed by atoms with Crippen LogP contribution in [0.25, 0.3) is 0 Å². The lowest BCUT2D eigenvalue weighted by Crippen LogP contribution is -2.31. The van der Waals surface area contributed by atoms with Crippen molar-refractivity contribution in [3.63, 3.8) is 0 Å². The first kappa shape index (κ1) is 19.0. The first-order valence-electron chi connectivity index (χ1n) is 8.71. The van der Waals surface area contributed by atoms with Gasteiger partial charge in [0.2, 0.25) is 0 Å². The van der Waals surface area contributed by atoms with Gasteiger partial charge in [0.05, 0.1) is 17.9 Å². The van der Waals surface area contributed by atoms with Crippen LogP contribution in [-0.4, -0.2) is 18.5 Å². The number of nitrogens with zero attached hydrogens (tertiary/aromatic N) is 1. The zero-order valence-electron chi connectivity index (χ0n) is 15.4. The number of esters is 1. The summed E-state index contributed by atoms with van der Waals surface area (Å²) in [4.78, 5) is 25.4. The fraction of sp³-hybridized carbons (Fsp3) is 0.238. The molecule has 2 aromatic rings. The second-order valence-electron chi connectivity index (χ2n) is 6.34. The van der Waals surface area contributed by atoms with Gasteiger partial charge in [-0.05, 0) is 43.2 Å². The number of amides is 1. The molecule has 5 nitrogen and oxygen atoms in total. The third-order valence-electron chi connectivity index (χ3n) is 4.14. The molecule has 1 aliphatic rings. The molecule has 27 heavy (non-hydrogen) atoms. The van der Waals surface area contributed by atoms with Gasteiger partial charge in [-0.3, -0.25) is 9.69 Å². The predicted molar refractivity (Wildman–Crippen MR) is 105 cm³/mol. The molecule has 0 atom stereocenters. The van der Waals surface area contributed by atoms with E-state index in [1.54, 1.807) is 43.5 Å². The highest BCUT2D eigenvalue weighted by molar-refractivity contribution is 6.31. The van der Waals surface area contributed by atoms with E-state index in [-0.39, 0.29) is 18.4 Å². The van der Waals surface area contributed by atoms with Crippen LogP contribution in [0.4, 0.5) is 5.69 Å². The number of hydrogen-bond donors (Lipinski definition) is 0. The van der Waals surface area contributed by atoms with Gasteiger partial charge in [0.15, 0.2) is 5.75 Å². The monoisotopic (exact) mass is 385 g/mol. The molecule has 0 radical (unpaired) electrons. The topological polar surface area (TPSA) is 55.8 Å². The summed E-state index contributed by atoms with van der Waals surface area (Å²) in [6.07, 6.45) is 3.11. The first-order valence-corrected chi connectivity index (χ1v) is 9.09. The number of anilines is 1. The van der Waals surface area contributed by atoms with Crippen molar-refractivity contribution in [2.24, 2.45) is 0 Å². The SMILES string of the molecule is CCOC(=O)c1ccc(N2C=CC2=O)c(Oc2cccc(Cl)c2C(C)C)c1. The molecule has 0 unspecified atom stereocenters. The van der Waals surface area contributed by atoms with Gasteiger partial charge in [-0.15, -0.1) is 0 Å². The highest BCUT2D eigenvalue weighted by Gasteiger charge is 2.24. The molecule has 1 amide bonds. The van der Waals surface area contributed by atoms with E-state index < -0.39 is 5.97 Å². The minimum atomic E-state index is -0.449. The van der Waals surface area contributed by atoms with Crippen LogP contribution in [0, 0.1) is 0 Å². The quantitative estimate of drug-likeness (QED) is 0.634. The third-order valence-corrected chi connectivity index (χ3v) is 4.47. The summed E-state index contributed by atoms with van der Waals surface area (Å²) < 4.78 is 11.2. The van der Waals surface area contributed by atoms with E-state index in [0.29, 0.717) is 27.8 Å². The van der Waals surface area contributed by atoms with Gasteiger partial charge in [0.25, 0.3) is 5.91 Å². The Balaban J connectivity index is 2.06. The molecule has 0 N–H and O–H groups in total. The zero-order chi connectivity index (χ0) is 19.6. The molecule has 2 aromatic carbocycles. The van der Waals surface area contributed by atoms with Crippen LogP contribution in [0.2, 0.25) is 5.02 Å². The fourth-order valence-corrected chi connectivity index (χ4v) is 3.21. The van der Waals surface area contributed by atoms with Gasteiger partial charge in [0, 0.05) is 22.9 Å². The Morgan fingerprint density at radius 1 is 1.19 bits per heavy atom. The van der Waals surface area contributed by atoms with E-state index >= 15 is 0 Å². The minimum Gasteiger partial charge on any atom is -0.462 e. The lowest BCUT2D eigenvalue weighted by molar-refractivity contribution is -0.114. The number of hydrogen-bond acceptors (Lipinski definition) is 4. The smallest absolute Gasteiger partial charge is 0.338 e. The van der Waals surface area contributed by atoms with E-state index in [1.165, 1.54) is 11.0 Å². The molecule has 0 fully saturated rings. The normalized spacial score (nSPS) is 12.9. The molecule has 3 rings (SSSR count). The van der Waals surface area contributed by atoms with E-state index in [4.69, 9.17) is 21.1 Å². The van der Waals surface area contributed by atoms with Crippen molar-refractivity contribution in [3.8, 4) is 11.5 Å². The van der Waals surface area contributed by atoms with Gasteiger partial charge >= 0.3 is 5.97 Å². The summed E-state index contributed by atoms with van der Waals surface area (Å²) in [5, 5.41) is 0.602. The summed E-state index contributed by atoms with van der Waals surface area (Å²) >= 11 is 6.35. The van der Waals surface area contributed by atoms with Crippen LogP contribution in [0.15, 0.2) is 48.7 Å².